The maximum atomic E-state index is 11.9. The van der Waals surface area contributed by atoms with Crippen LogP contribution in [0.1, 0.15) is 17.9 Å². The minimum Gasteiger partial charge on any atom is -0.468 e. The molecule has 1 N–H and O–H groups in total. The van der Waals surface area contributed by atoms with Gasteiger partial charge < -0.3 is 10.1 Å². The van der Waals surface area contributed by atoms with E-state index in [-0.39, 0.29) is 24.0 Å². The van der Waals surface area contributed by atoms with Crippen molar-refractivity contribution in [3.05, 3.63) is 44.9 Å². The first-order chi connectivity index (χ1) is 10.5. The lowest BCUT2D eigenvalue weighted by molar-refractivity contribution is -0.137. The van der Waals surface area contributed by atoms with Crippen molar-refractivity contribution in [3.63, 3.8) is 0 Å². The third-order valence-electron chi connectivity index (χ3n) is 3.17. The fraction of sp³-hybridized carbons (Fsp3) is 0.267. The zero-order valence-corrected chi connectivity index (χ0v) is 14.2. The monoisotopic (exact) mass is 380 g/mol. The number of rotatable bonds is 4. The summed E-state index contributed by atoms with van der Waals surface area (Å²) in [5.74, 6) is -0.843. The molecule has 0 fully saturated rings. The molecule has 1 aliphatic rings. The zero-order valence-electron chi connectivity index (χ0n) is 11.8. The Kier molecular flexibility index (Phi) is 5.63. The van der Waals surface area contributed by atoms with Gasteiger partial charge >= 0.3 is 5.97 Å². The van der Waals surface area contributed by atoms with E-state index in [9.17, 15) is 14.9 Å². The number of nitrogens with one attached hydrogen (secondary N) is 1. The number of hydrogen-bond acceptors (Lipinski definition) is 5. The molecule has 1 heterocycles. The van der Waals surface area contributed by atoms with Crippen molar-refractivity contribution in [2.45, 2.75) is 12.3 Å². The minimum absolute atomic E-state index is 0.0441. The number of methoxy groups -OCH3 is 1. The maximum absolute atomic E-state index is 11.9. The van der Waals surface area contributed by atoms with Gasteiger partial charge in [-0.15, -0.1) is 0 Å². The summed E-state index contributed by atoms with van der Waals surface area (Å²) in [7, 11) is 1.30. The predicted octanol–water partition coefficient (Wildman–Crippen LogP) is 2.69. The van der Waals surface area contributed by atoms with E-state index in [4.69, 9.17) is 0 Å². The van der Waals surface area contributed by atoms with Crippen LogP contribution in [0, 0.1) is 11.3 Å². The molecule has 0 bridgehead atoms. The van der Waals surface area contributed by atoms with E-state index in [1.54, 1.807) is 0 Å². The number of nitriles is 1. The molecule has 0 saturated heterocycles. The number of carbonyl (C=O) groups excluding carboxylic acids is 2. The van der Waals surface area contributed by atoms with Crippen molar-refractivity contribution in [2.75, 3.05) is 12.9 Å². The molecule has 1 aromatic rings. The van der Waals surface area contributed by atoms with Crippen LogP contribution in [0.5, 0.6) is 0 Å². The van der Waals surface area contributed by atoms with Crippen molar-refractivity contribution in [2.24, 2.45) is 0 Å². The van der Waals surface area contributed by atoms with Crippen LogP contribution in [0.25, 0.3) is 0 Å². The number of carbonyl (C=O) groups is 2. The summed E-state index contributed by atoms with van der Waals surface area (Å²) in [5.41, 5.74) is 1.35. The molecule has 0 saturated carbocycles. The van der Waals surface area contributed by atoms with Crippen molar-refractivity contribution in [1.29, 1.82) is 5.26 Å². The average Bonchev–Trinajstić information content (AvgIpc) is 2.51. The second-order valence-corrected chi connectivity index (χ2v) is 6.48. The first-order valence-electron chi connectivity index (χ1n) is 6.44. The van der Waals surface area contributed by atoms with Crippen LogP contribution in [0.2, 0.25) is 0 Å². The summed E-state index contributed by atoms with van der Waals surface area (Å²) in [6.07, 6.45) is 0.210. The largest absolute Gasteiger partial charge is 0.468 e. The molecule has 1 aromatic carbocycles. The highest BCUT2D eigenvalue weighted by molar-refractivity contribution is 9.10. The Bertz CT molecular complexity index is 682. The van der Waals surface area contributed by atoms with Crippen molar-refractivity contribution >= 4 is 39.6 Å². The van der Waals surface area contributed by atoms with Gasteiger partial charge in [0.2, 0.25) is 5.91 Å². The summed E-state index contributed by atoms with van der Waals surface area (Å²) in [4.78, 5) is 23.2. The lowest BCUT2D eigenvalue weighted by Crippen LogP contribution is -2.31. The average molecular weight is 381 g/mol. The van der Waals surface area contributed by atoms with E-state index in [0.29, 0.717) is 10.6 Å². The Balaban J connectivity index is 2.34. The van der Waals surface area contributed by atoms with Gasteiger partial charge in [-0.05, 0) is 17.7 Å². The number of hydrogen-bond donors (Lipinski definition) is 1. The fourth-order valence-electron chi connectivity index (χ4n) is 2.13. The normalized spacial score (nSPS) is 17.7. The summed E-state index contributed by atoms with van der Waals surface area (Å²) in [6, 6.07) is 9.68. The van der Waals surface area contributed by atoms with E-state index in [0.717, 1.165) is 21.8 Å². The van der Waals surface area contributed by atoms with Crippen LogP contribution in [-0.2, 0) is 14.3 Å². The van der Waals surface area contributed by atoms with E-state index in [1.165, 1.54) is 7.11 Å². The molecule has 0 aromatic heterocycles. The number of thioether (sulfide) groups is 1. The Hall–Kier alpha value is -1.78. The fourth-order valence-corrected chi connectivity index (χ4v) is 3.46. The summed E-state index contributed by atoms with van der Waals surface area (Å²) in [6.45, 7) is 0. The maximum Gasteiger partial charge on any atom is 0.316 e. The Labute approximate surface area is 140 Å². The minimum atomic E-state index is -0.409. The van der Waals surface area contributed by atoms with Gasteiger partial charge in [0.05, 0.1) is 29.5 Å². The van der Waals surface area contributed by atoms with Gasteiger partial charge in [-0.1, -0.05) is 39.8 Å². The molecule has 7 heteroatoms. The molecule has 1 aliphatic heterocycles. The van der Waals surface area contributed by atoms with Gasteiger partial charge in [-0.3, -0.25) is 9.59 Å². The highest BCUT2D eigenvalue weighted by Crippen LogP contribution is 2.36. The number of benzene rings is 1. The molecule has 0 aliphatic carbocycles. The standard InChI is InChI=1S/C15H13BrN2O3S/c1-21-14(20)8-22-15-12(7-17)11(6-13(19)18-15)9-3-2-4-10(16)5-9/h2-5,11H,6,8H2,1H3,(H,18,19)/t11-/m1/s1. The molecule has 1 amide bonds. The topological polar surface area (TPSA) is 79.2 Å². The predicted molar refractivity (Wildman–Crippen MR) is 86.8 cm³/mol. The quantitative estimate of drug-likeness (QED) is 0.812. The molecule has 1 atom stereocenters. The first-order valence-corrected chi connectivity index (χ1v) is 8.22. The number of allylic oxidation sites excluding steroid dienone is 1. The molecule has 0 unspecified atom stereocenters. The highest BCUT2D eigenvalue weighted by Gasteiger charge is 2.29. The number of esters is 1. The Morgan fingerprint density at radius 3 is 3.00 bits per heavy atom. The van der Waals surface area contributed by atoms with E-state index in [1.807, 2.05) is 24.3 Å². The van der Waals surface area contributed by atoms with Gasteiger partial charge in [-0.2, -0.15) is 5.26 Å². The van der Waals surface area contributed by atoms with Gasteiger partial charge in [0.1, 0.15) is 0 Å². The Morgan fingerprint density at radius 2 is 2.36 bits per heavy atom. The van der Waals surface area contributed by atoms with Crippen LogP contribution in [0.4, 0.5) is 0 Å². The van der Waals surface area contributed by atoms with Gasteiger partial charge in [0.15, 0.2) is 0 Å². The molecule has 22 heavy (non-hydrogen) atoms. The molecule has 2 rings (SSSR count). The van der Waals surface area contributed by atoms with E-state index >= 15 is 0 Å². The van der Waals surface area contributed by atoms with E-state index < -0.39 is 5.97 Å². The van der Waals surface area contributed by atoms with Crippen LogP contribution in [0.15, 0.2) is 39.3 Å². The molecule has 0 spiro atoms. The van der Waals surface area contributed by atoms with Crippen LogP contribution < -0.4 is 5.32 Å². The molecular formula is C15H13BrN2O3S. The van der Waals surface area contributed by atoms with Gasteiger partial charge in [0.25, 0.3) is 0 Å². The van der Waals surface area contributed by atoms with Crippen LogP contribution in [0.3, 0.4) is 0 Å². The van der Waals surface area contributed by atoms with Crippen LogP contribution in [-0.4, -0.2) is 24.7 Å². The van der Waals surface area contributed by atoms with Gasteiger partial charge in [0, 0.05) is 16.8 Å². The summed E-state index contributed by atoms with van der Waals surface area (Å²) in [5, 5.41) is 12.6. The molecule has 0 radical (unpaired) electrons. The molecule has 114 valence electrons. The SMILES string of the molecule is COC(=O)CSC1=C(C#N)[C@@H](c2cccc(Br)c2)CC(=O)N1. The second-order valence-electron chi connectivity index (χ2n) is 4.58. The van der Waals surface area contributed by atoms with Crippen LogP contribution >= 0.6 is 27.7 Å². The van der Waals surface area contributed by atoms with Crippen molar-refractivity contribution in [3.8, 4) is 6.07 Å². The smallest absolute Gasteiger partial charge is 0.316 e. The molecular weight excluding hydrogens is 368 g/mol. The van der Waals surface area contributed by atoms with Gasteiger partial charge in [-0.25, -0.2) is 0 Å². The summed E-state index contributed by atoms with van der Waals surface area (Å²) < 4.78 is 5.47. The number of ether oxygens (including phenoxy) is 1. The number of halogens is 1. The third kappa shape index (κ3) is 3.90. The number of amides is 1. The summed E-state index contributed by atoms with van der Waals surface area (Å²) >= 11 is 4.50. The lowest BCUT2D eigenvalue weighted by Gasteiger charge is -2.25. The van der Waals surface area contributed by atoms with Crippen molar-refractivity contribution < 1.29 is 14.3 Å². The first kappa shape index (κ1) is 16.6. The lowest BCUT2D eigenvalue weighted by atomic mass is 9.87. The molecule has 5 nitrogen and oxygen atoms in total. The highest BCUT2D eigenvalue weighted by atomic mass is 79.9. The van der Waals surface area contributed by atoms with Crippen molar-refractivity contribution in [1.82, 2.24) is 5.32 Å². The second kappa shape index (κ2) is 7.47. The van der Waals surface area contributed by atoms with E-state index in [2.05, 4.69) is 32.1 Å². The zero-order chi connectivity index (χ0) is 16.1. The Morgan fingerprint density at radius 1 is 1.59 bits per heavy atom. The third-order valence-corrected chi connectivity index (χ3v) is 4.65. The number of nitrogens with zero attached hydrogens (tertiary/aromatic N) is 1.